The van der Waals surface area contributed by atoms with Gasteiger partial charge in [-0.3, -0.25) is 9.11 Å². The Labute approximate surface area is 205 Å². The summed E-state index contributed by atoms with van der Waals surface area (Å²) in [6, 6.07) is 24.1. The second-order valence-corrected chi connectivity index (χ2v) is 11.8. The Hall–Kier alpha value is -3.09. The highest BCUT2D eigenvalue weighted by atomic mass is 32.2. The molecule has 2 amide bonds. The van der Waals surface area contributed by atoms with E-state index in [-0.39, 0.29) is 14.9 Å². The molecule has 2 N–H and O–H groups in total. The number of urea groups is 1. The maximum absolute atomic E-state index is 13.5. The summed E-state index contributed by atoms with van der Waals surface area (Å²) in [6.07, 6.45) is 2.42. The van der Waals surface area contributed by atoms with Crippen LogP contribution in [-0.4, -0.2) is 28.1 Å². The molecule has 2 heterocycles. The number of amides is 2. The highest BCUT2D eigenvalue weighted by Gasteiger charge is 2.41. The van der Waals surface area contributed by atoms with Crippen molar-refractivity contribution in [1.82, 2.24) is 10.2 Å². The Kier molecular flexibility index (Phi) is 5.96. The number of benzene rings is 3. The average Bonchev–Trinajstić information content (AvgIpc) is 3.32. The van der Waals surface area contributed by atoms with E-state index in [0.717, 1.165) is 11.1 Å². The molecule has 6 heteroatoms. The number of carbonyl (C=O) groups is 1. The molecule has 3 aromatic carbocycles. The van der Waals surface area contributed by atoms with Crippen LogP contribution in [0.1, 0.15) is 63.0 Å². The number of carbonyl (C=O) groups excluding carboxylic acids is 1. The molecular weight excluding hydrogens is 442 g/mol. The van der Waals surface area contributed by atoms with Crippen LogP contribution in [0.2, 0.25) is 0 Å². The minimum Gasteiger partial charge on any atom is -0.331 e. The van der Waals surface area contributed by atoms with E-state index in [1.807, 2.05) is 37.3 Å². The van der Waals surface area contributed by atoms with E-state index in [4.69, 9.17) is 0 Å². The molecule has 0 aromatic heterocycles. The number of anilines is 1. The fraction of sp³-hybridized carbons (Fsp3) is 0.286. The molecule has 34 heavy (non-hydrogen) atoms. The monoisotopic (exact) mass is 477 g/mol. The molecule has 0 radical (unpaired) electrons. The summed E-state index contributed by atoms with van der Waals surface area (Å²) in [5.41, 5.74) is 5.57. The van der Waals surface area contributed by atoms with Crippen LogP contribution in [-0.2, 0) is 15.3 Å². The predicted octanol–water partition coefficient (Wildman–Crippen LogP) is 6.16. The molecule has 3 aromatic rings. The number of nitrogens with one attached hydrogen (secondary N) is 2. The first-order valence-electron chi connectivity index (χ1n) is 11.7. The largest absolute Gasteiger partial charge is 0.331 e. The summed E-state index contributed by atoms with van der Waals surface area (Å²) in [5, 5.41) is 5.79. The molecule has 1 saturated heterocycles. The summed E-state index contributed by atoms with van der Waals surface area (Å²) in [4.78, 5) is 15.5. The third kappa shape index (κ3) is 4.36. The van der Waals surface area contributed by atoms with Crippen molar-refractivity contribution in [2.24, 2.45) is 0 Å². The van der Waals surface area contributed by atoms with Gasteiger partial charge in [-0.25, -0.2) is 4.79 Å². The Morgan fingerprint density at radius 2 is 1.74 bits per heavy atom. The van der Waals surface area contributed by atoms with Gasteiger partial charge in [0.25, 0.3) is 0 Å². The Morgan fingerprint density at radius 3 is 2.44 bits per heavy atom. The van der Waals surface area contributed by atoms with Gasteiger partial charge >= 0.3 is 6.03 Å². The quantitative estimate of drug-likeness (QED) is 0.418. The van der Waals surface area contributed by atoms with Gasteiger partial charge in [0.05, 0.1) is 6.04 Å². The lowest BCUT2D eigenvalue weighted by Crippen LogP contribution is -2.31. The van der Waals surface area contributed by atoms with Crippen molar-refractivity contribution in [2.75, 3.05) is 12.4 Å². The third-order valence-corrected chi connectivity index (χ3v) is 9.09. The number of rotatable bonds is 6. The van der Waals surface area contributed by atoms with Gasteiger partial charge in [0.2, 0.25) is 0 Å². The van der Waals surface area contributed by atoms with Gasteiger partial charge in [-0.2, -0.15) is 0 Å². The summed E-state index contributed by atoms with van der Waals surface area (Å²) in [6.45, 7) is 1.94. The number of hydrogen-bond donors (Lipinski definition) is 2. The van der Waals surface area contributed by atoms with Crippen molar-refractivity contribution in [2.45, 2.75) is 48.5 Å². The topological polar surface area (TPSA) is 61.4 Å². The van der Waals surface area contributed by atoms with Crippen molar-refractivity contribution in [3.05, 3.63) is 95.1 Å². The second kappa shape index (κ2) is 8.93. The molecule has 1 fully saturated rings. The van der Waals surface area contributed by atoms with Crippen LogP contribution in [0.25, 0.3) is 0 Å². The van der Waals surface area contributed by atoms with E-state index in [1.54, 1.807) is 24.3 Å². The molecule has 3 unspecified atom stereocenters. The van der Waals surface area contributed by atoms with Crippen molar-refractivity contribution >= 4 is 27.1 Å². The van der Waals surface area contributed by atoms with Gasteiger partial charge in [0.15, 0.2) is 0 Å². The first-order valence-corrected chi connectivity index (χ1v) is 13.6. The van der Waals surface area contributed by atoms with Crippen LogP contribution in [0.5, 0.6) is 0 Å². The van der Waals surface area contributed by atoms with E-state index in [1.165, 1.54) is 24.0 Å². The molecule has 180 valence electrons. The average molecular weight is 478 g/mol. The van der Waals surface area contributed by atoms with E-state index in [9.17, 15) is 9.00 Å². The first-order chi connectivity index (χ1) is 16.3. The van der Waals surface area contributed by atoms with E-state index >= 15 is 0 Å². The van der Waals surface area contributed by atoms with Gasteiger partial charge in [-0.1, -0.05) is 48.5 Å². The van der Waals surface area contributed by atoms with Gasteiger partial charge in [0.1, 0.15) is 0 Å². The van der Waals surface area contributed by atoms with Gasteiger partial charge in [0, 0.05) is 40.8 Å². The molecule has 0 saturated carbocycles. The smallest absolute Gasteiger partial charge is 0.319 e. The highest BCUT2D eigenvalue weighted by Crippen LogP contribution is 2.52. The molecule has 2 aliphatic heterocycles. The lowest BCUT2D eigenvalue weighted by Gasteiger charge is -2.17. The molecule has 5 nitrogen and oxygen atoms in total. The van der Waals surface area contributed by atoms with Crippen LogP contribution in [0, 0.1) is 0 Å². The third-order valence-electron chi connectivity index (χ3n) is 7.15. The summed E-state index contributed by atoms with van der Waals surface area (Å²) in [7, 11) is -0.300. The van der Waals surface area contributed by atoms with Crippen LogP contribution in [0.4, 0.5) is 10.5 Å². The molecular formula is C28H35N3O2S. The molecule has 2 aliphatic rings. The Balaban J connectivity index is 0.00000180. The summed E-state index contributed by atoms with van der Waals surface area (Å²) in [5.74, 6) is 4.48. The van der Waals surface area contributed by atoms with E-state index in [2.05, 4.69) is 46.7 Å². The van der Waals surface area contributed by atoms with E-state index in [0.29, 0.717) is 28.4 Å². The lowest BCUT2D eigenvalue weighted by atomic mass is 9.91. The number of nitrogens with zero attached hydrogens (tertiary/aromatic N) is 1. The van der Waals surface area contributed by atoms with Gasteiger partial charge < -0.3 is 10.6 Å². The zero-order valence-electron chi connectivity index (χ0n) is 19.7. The Morgan fingerprint density at radius 1 is 1.06 bits per heavy atom. The van der Waals surface area contributed by atoms with Crippen molar-refractivity contribution < 1.29 is 11.9 Å². The normalized spacial score (nSPS) is 21.5. The zero-order valence-corrected chi connectivity index (χ0v) is 20.5. The molecule has 0 aliphatic carbocycles. The fourth-order valence-electron chi connectivity index (χ4n) is 5.32. The highest BCUT2D eigenvalue weighted by molar-refractivity contribution is 7.99. The zero-order chi connectivity index (χ0) is 23.9. The molecule has 2 bridgehead atoms. The predicted molar refractivity (Wildman–Crippen MR) is 144 cm³/mol. The van der Waals surface area contributed by atoms with Gasteiger partial charge in [-0.15, -0.1) is 0 Å². The Bertz CT molecular complexity index is 1310. The standard InChI is InChI=1S/C28H31N3O2S.2H2/c1-19(21-7-5-4-6-8-21)29-28(32)30-22-10-12-23(13-11-22)34(3,33)18-20-9-14-24-25(17-20)27-16-15-26(24)31(27)2;;/h4-14,17,19,26-27H,3,15-16,18H2,1-2H3,(H2,29,30,32);2*1H/t19-,26?,27?,34?;;/m0../s1. The van der Waals surface area contributed by atoms with E-state index < -0.39 is 9.52 Å². The maximum Gasteiger partial charge on any atom is 0.319 e. The fourth-order valence-corrected chi connectivity index (χ4v) is 6.84. The first kappa shape index (κ1) is 22.7. The summed E-state index contributed by atoms with van der Waals surface area (Å²) >= 11 is 0. The molecule has 4 atom stereocenters. The maximum atomic E-state index is 13.5. The SMILES string of the molecule is C=S(=O)(Cc1ccc2c(c1)C1CCC2N1C)c1ccc(NC(=O)N[C@@H](C)c2ccccc2)cc1.[HH].[HH]. The van der Waals surface area contributed by atoms with Crippen molar-refractivity contribution in [3.8, 4) is 0 Å². The van der Waals surface area contributed by atoms with Crippen molar-refractivity contribution in [1.29, 1.82) is 0 Å². The number of fused-ring (bicyclic) bond motifs is 5. The van der Waals surface area contributed by atoms with Crippen LogP contribution >= 0.6 is 0 Å². The summed E-state index contributed by atoms with van der Waals surface area (Å²) < 4.78 is 13.5. The van der Waals surface area contributed by atoms with Crippen LogP contribution in [0.15, 0.2) is 77.7 Å². The van der Waals surface area contributed by atoms with Gasteiger partial charge in [-0.05, 0) is 79.2 Å². The lowest BCUT2D eigenvalue weighted by molar-refractivity contribution is 0.249. The van der Waals surface area contributed by atoms with Crippen LogP contribution in [0.3, 0.4) is 0 Å². The van der Waals surface area contributed by atoms with Crippen LogP contribution < -0.4 is 10.6 Å². The minimum absolute atomic E-state index is 0. The molecule has 5 rings (SSSR count). The number of hydrogen-bond acceptors (Lipinski definition) is 3. The van der Waals surface area contributed by atoms with Crippen molar-refractivity contribution in [3.63, 3.8) is 0 Å². The molecule has 0 spiro atoms. The second-order valence-electron chi connectivity index (χ2n) is 9.45. The minimum atomic E-state index is -2.50.